The van der Waals surface area contributed by atoms with Gasteiger partial charge in [-0.25, -0.2) is 4.98 Å². The molecule has 86 valence electrons. The van der Waals surface area contributed by atoms with E-state index in [9.17, 15) is 0 Å². The Labute approximate surface area is 99.1 Å². The van der Waals surface area contributed by atoms with Crippen molar-refractivity contribution in [3.8, 4) is 11.8 Å². The molecule has 0 spiro atoms. The molecule has 17 heavy (non-hydrogen) atoms. The lowest BCUT2D eigenvalue weighted by atomic mass is 10.2. The van der Waals surface area contributed by atoms with Crippen molar-refractivity contribution in [3.63, 3.8) is 0 Å². The van der Waals surface area contributed by atoms with Crippen molar-refractivity contribution in [2.45, 2.75) is 6.54 Å². The van der Waals surface area contributed by atoms with E-state index in [-0.39, 0.29) is 5.82 Å². The van der Waals surface area contributed by atoms with E-state index in [1.54, 1.807) is 18.0 Å². The van der Waals surface area contributed by atoms with E-state index in [0.29, 0.717) is 12.2 Å². The van der Waals surface area contributed by atoms with Crippen LogP contribution in [0.1, 0.15) is 11.3 Å². The Hall–Kier alpha value is -2.48. The smallest absolute Gasteiger partial charge is 0.164 e. The van der Waals surface area contributed by atoms with Gasteiger partial charge >= 0.3 is 0 Å². The SMILES string of the molecule is COc1ccccc1Cn1cnc(N)c1C#N. The number of hydrogen-bond donors (Lipinski definition) is 1. The van der Waals surface area contributed by atoms with Gasteiger partial charge in [0.15, 0.2) is 11.5 Å². The summed E-state index contributed by atoms with van der Waals surface area (Å²) in [5.41, 5.74) is 6.94. The van der Waals surface area contributed by atoms with Gasteiger partial charge in [0, 0.05) is 5.56 Å². The number of anilines is 1. The third-order valence-electron chi connectivity index (χ3n) is 2.51. The van der Waals surface area contributed by atoms with Gasteiger partial charge < -0.3 is 15.0 Å². The van der Waals surface area contributed by atoms with Crippen LogP contribution in [0.3, 0.4) is 0 Å². The highest BCUT2D eigenvalue weighted by Crippen LogP contribution is 2.20. The molecule has 0 saturated carbocycles. The third-order valence-corrected chi connectivity index (χ3v) is 2.51. The number of benzene rings is 1. The fourth-order valence-electron chi connectivity index (χ4n) is 1.66. The summed E-state index contributed by atoms with van der Waals surface area (Å²) in [6.07, 6.45) is 1.56. The second-order valence-electron chi connectivity index (χ2n) is 3.53. The molecule has 2 N–H and O–H groups in total. The van der Waals surface area contributed by atoms with Crippen molar-refractivity contribution < 1.29 is 4.74 Å². The van der Waals surface area contributed by atoms with Crippen LogP contribution in [0.4, 0.5) is 5.82 Å². The number of rotatable bonds is 3. The zero-order valence-electron chi connectivity index (χ0n) is 9.42. The number of para-hydroxylation sites is 1. The molecule has 0 aliphatic heterocycles. The van der Waals surface area contributed by atoms with Crippen LogP contribution in [0, 0.1) is 11.3 Å². The first-order valence-corrected chi connectivity index (χ1v) is 5.09. The molecule has 5 heteroatoms. The molecular formula is C12H12N4O. The Morgan fingerprint density at radius 1 is 1.47 bits per heavy atom. The van der Waals surface area contributed by atoms with Gasteiger partial charge in [-0.15, -0.1) is 0 Å². The fourth-order valence-corrected chi connectivity index (χ4v) is 1.66. The lowest BCUT2D eigenvalue weighted by molar-refractivity contribution is 0.408. The first-order chi connectivity index (χ1) is 8.26. The zero-order chi connectivity index (χ0) is 12.3. The molecule has 0 saturated heterocycles. The van der Waals surface area contributed by atoms with Gasteiger partial charge in [0.1, 0.15) is 11.8 Å². The molecule has 0 unspecified atom stereocenters. The van der Waals surface area contributed by atoms with Gasteiger partial charge in [-0.1, -0.05) is 18.2 Å². The van der Waals surface area contributed by atoms with E-state index in [0.717, 1.165) is 11.3 Å². The van der Waals surface area contributed by atoms with Crippen LogP contribution in [0.15, 0.2) is 30.6 Å². The van der Waals surface area contributed by atoms with Gasteiger partial charge in [-0.05, 0) is 6.07 Å². The maximum atomic E-state index is 8.97. The number of nitrogen functional groups attached to an aromatic ring is 1. The molecule has 1 aromatic heterocycles. The number of nitriles is 1. The number of nitrogens with zero attached hydrogens (tertiary/aromatic N) is 3. The van der Waals surface area contributed by atoms with Crippen LogP contribution < -0.4 is 10.5 Å². The quantitative estimate of drug-likeness (QED) is 0.861. The molecule has 5 nitrogen and oxygen atoms in total. The largest absolute Gasteiger partial charge is 0.496 e. The van der Waals surface area contributed by atoms with Gasteiger partial charge in [0.2, 0.25) is 0 Å². The van der Waals surface area contributed by atoms with Crippen molar-refractivity contribution in [3.05, 3.63) is 41.9 Å². The summed E-state index contributed by atoms with van der Waals surface area (Å²) in [5.74, 6) is 1.03. The molecule has 0 bridgehead atoms. The van der Waals surface area contributed by atoms with Crippen LogP contribution in [0.25, 0.3) is 0 Å². The van der Waals surface area contributed by atoms with Crippen LogP contribution in [0.2, 0.25) is 0 Å². The van der Waals surface area contributed by atoms with Crippen molar-refractivity contribution in [2.24, 2.45) is 0 Å². The number of imidazole rings is 1. The molecule has 1 aromatic carbocycles. The number of nitrogens with two attached hydrogens (primary N) is 1. The second-order valence-corrected chi connectivity index (χ2v) is 3.53. The molecule has 0 aliphatic rings. The summed E-state index contributed by atoms with van der Waals surface area (Å²) in [7, 11) is 1.62. The molecule has 0 aliphatic carbocycles. The standard InChI is InChI=1S/C12H12N4O/c1-17-11-5-3-2-4-9(11)7-16-8-15-12(14)10(16)6-13/h2-5,8H,7,14H2,1H3. The van der Waals surface area contributed by atoms with Gasteiger partial charge in [-0.3, -0.25) is 0 Å². The molecule has 2 rings (SSSR count). The topological polar surface area (TPSA) is 76.9 Å². The van der Waals surface area contributed by atoms with Crippen molar-refractivity contribution in [1.82, 2.24) is 9.55 Å². The highest BCUT2D eigenvalue weighted by atomic mass is 16.5. The first kappa shape index (κ1) is 11.0. The summed E-state index contributed by atoms with van der Waals surface area (Å²) in [6, 6.07) is 9.67. The van der Waals surface area contributed by atoms with Gasteiger partial charge in [-0.2, -0.15) is 5.26 Å². The van der Waals surface area contributed by atoms with Crippen molar-refractivity contribution in [1.29, 1.82) is 5.26 Å². The number of methoxy groups -OCH3 is 1. The highest BCUT2D eigenvalue weighted by molar-refractivity contribution is 5.45. The molecule has 1 heterocycles. The molecule has 0 fully saturated rings. The number of ether oxygens (including phenoxy) is 1. The minimum Gasteiger partial charge on any atom is -0.496 e. The van der Waals surface area contributed by atoms with Crippen molar-refractivity contribution >= 4 is 5.82 Å². The minimum absolute atomic E-state index is 0.252. The minimum atomic E-state index is 0.252. The zero-order valence-corrected chi connectivity index (χ0v) is 9.42. The maximum absolute atomic E-state index is 8.97. The van der Waals surface area contributed by atoms with Crippen LogP contribution in [-0.4, -0.2) is 16.7 Å². The van der Waals surface area contributed by atoms with E-state index >= 15 is 0 Å². The van der Waals surface area contributed by atoms with Crippen LogP contribution in [-0.2, 0) is 6.54 Å². The van der Waals surface area contributed by atoms with Gasteiger partial charge in [0.05, 0.1) is 20.0 Å². The number of aromatic nitrogens is 2. The summed E-state index contributed by atoms with van der Waals surface area (Å²) < 4.78 is 6.95. The van der Waals surface area contributed by atoms with Gasteiger partial charge in [0.25, 0.3) is 0 Å². The monoisotopic (exact) mass is 228 g/mol. The molecule has 0 radical (unpaired) electrons. The molecule has 2 aromatic rings. The third kappa shape index (κ3) is 2.06. The maximum Gasteiger partial charge on any atom is 0.164 e. The van der Waals surface area contributed by atoms with Crippen LogP contribution >= 0.6 is 0 Å². The lowest BCUT2D eigenvalue weighted by Crippen LogP contribution is -2.03. The molecule has 0 atom stereocenters. The molecule has 0 amide bonds. The fraction of sp³-hybridized carbons (Fsp3) is 0.167. The summed E-state index contributed by atoms with van der Waals surface area (Å²) in [4.78, 5) is 3.92. The van der Waals surface area contributed by atoms with E-state index in [1.165, 1.54) is 0 Å². The summed E-state index contributed by atoms with van der Waals surface area (Å²) in [5, 5.41) is 8.97. The average molecular weight is 228 g/mol. The average Bonchev–Trinajstić information content (AvgIpc) is 2.70. The Kier molecular flexibility index (Phi) is 2.97. The Balaban J connectivity index is 2.35. The van der Waals surface area contributed by atoms with Crippen LogP contribution in [0.5, 0.6) is 5.75 Å². The predicted molar refractivity (Wildman–Crippen MR) is 63.5 cm³/mol. The van der Waals surface area contributed by atoms with E-state index in [2.05, 4.69) is 4.98 Å². The first-order valence-electron chi connectivity index (χ1n) is 5.09. The van der Waals surface area contributed by atoms with E-state index in [1.807, 2.05) is 30.3 Å². The van der Waals surface area contributed by atoms with E-state index < -0.39 is 0 Å². The lowest BCUT2D eigenvalue weighted by Gasteiger charge is -2.09. The molecular weight excluding hydrogens is 216 g/mol. The highest BCUT2D eigenvalue weighted by Gasteiger charge is 2.09. The number of hydrogen-bond acceptors (Lipinski definition) is 4. The Morgan fingerprint density at radius 2 is 2.24 bits per heavy atom. The predicted octanol–water partition coefficient (Wildman–Crippen LogP) is 1.39. The van der Waals surface area contributed by atoms with Crippen molar-refractivity contribution in [2.75, 3.05) is 12.8 Å². The summed E-state index contributed by atoms with van der Waals surface area (Å²) in [6.45, 7) is 0.511. The summed E-state index contributed by atoms with van der Waals surface area (Å²) >= 11 is 0. The Morgan fingerprint density at radius 3 is 2.94 bits per heavy atom. The Bertz CT molecular complexity index is 568. The normalized spacial score (nSPS) is 9.88. The van der Waals surface area contributed by atoms with E-state index in [4.69, 9.17) is 15.7 Å². The second kappa shape index (κ2) is 4.58.